The molecule has 1 atom stereocenters. The van der Waals surface area contributed by atoms with E-state index in [4.69, 9.17) is 16.3 Å². The van der Waals surface area contributed by atoms with Crippen molar-refractivity contribution in [1.82, 2.24) is 0 Å². The lowest BCUT2D eigenvalue weighted by molar-refractivity contribution is 0.369. The first-order valence-corrected chi connectivity index (χ1v) is 9.12. The SMILES string of the molecule is CCOP(=S)(c1ccccc1)C1(C#N)CCCC1. The Bertz CT molecular complexity index is 488. The second kappa shape index (κ2) is 5.53. The molecule has 0 aromatic heterocycles. The number of rotatable bonds is 4. The van der Waals surface area contributed by atoms with Gasteiger partial charge in [0.25, 0.3) is 0 Å². The smallest absolute Gasteiger partial charge is 0.114 e. The third kappa shape index (κ3) is 2.14. The van der Waals surface area contributed by atoms with E-state index in [0.717, 1.165) is 31.0 Å². The molecular weight excluding hydrogens is 261 g/mol. The zero-order valence-corrected chi connectivity index (χ0v) is 12.3. The van der Waals surface area contributed by atoms with E-state index in [1.165, 1.54) is 0 Å². The van der Waals surface area contributed by atoms with E-state index in [2.05, 4.69) is 6.07 Å². The molecule has 0 aliphatic heterocycles. The van der Waals surface area contributed by atoms with Gasteiger partial charge >= 0.3 is 0 Å². The van der Waals surface area contributed by atoms with E-state index in [1.807, 2.05) is 37.3 Å². The summed E-state index contributed by atoms with van der Waals surface area (Å²) in [5, 5.41) is 10.3. The topological polar surface area (TPSA) is 33.0 Å². The van der Waals surface area contributed by atoms with Gasteiger partial charge in [-0.05, 0) is 19.8 Å². The van der Waals surface area contributed by atoms with Gasteiger partial charge in [-0.1, -0.05) is 55.0 Å². The van der Waals surface area contributed by atoms with Crippen LogP contribution in [0.1, 0.15) is 32.6 Å². The summed E-state index contributed by atoms with van der Waals surface area (Å²) >= 11 is 5.90. The number of hydrogen-bond donors (Lipinski definition) is 0. The summed E-state index contributed by atoms with van der Waals surface area (Å²) < 4.78 is 6.00. The fourth-order valence-corrected chi connectivity index (χ4v) is 6.89. The van der Waals surface area contributed by atoms with Crippen molar-refractivity contribution in [3.05, 3.63) is 30.3 Å². The number of hydrogen-bond acceptors (Lipinski definition) is 3. The van der Waals surface area contributed by atoms with E-state index in [9.17, 15) is 5.26 Å². The zero-order chi connectivity index (χ0) is 13.1. The molecule has 2 rings (SSSR count). The molecule has 1 aromatic carbocycles. The van der Waals surface area contributed by atoms with Crippen LogP contribution in [0, 0.1) is 11.3 Å². The first-order chi connectivity index (χ1) is 8.68. The van der Waals surface area contributed by atoms with Crippen molar-refractivity contribution in [2.24, 2.45) is 0 Å². The normalized spacial score (nSPS) is 21.1. The molecule has 1 aromatic rings. The largest absolute Gasteiger partial charge is 0.345 e. The van der Waals surface area contributed by atoms with Crippen molar-refractivity contribution in [2.75, 3.05) is 6.61 Å². The van der Waals surface area contributed by atoms with E-state index >= 15 is 0 Å². The summed E-state index contributed by atoms with van der Waals surface area (Å²) in [4.78, 5) is 0. The molecule has 0 radical (unpaired) electrons. The Labute approximate surface area is 114 Å². The third-order valence-corrected chi connectivity index (χ3v) is 8.88. The molecule has 0 spiro atoms. The van der Waals surface area contributed by atoms with Crippen LogP contribution >= 0.6 is 6.26 Å². The quantitative estimate of drug-likeness (QED) is 0.790. The Morgan fingerprint density at radius 3 is 2.44 bits per heavy atom. The Morgan fingerprint density at radius 1 is 1.33 bits per heavy atom. The molecule has 1 unspecified atom stereocenters. The van der Waals surface area contributed by atoms with Gasteiger partial charge in [-0.3, -0.25) is 0 Å². The van der Waals surface area contributed by atoms with E-state index in [0.29, 0.717) is 6.61 Å². The van der Waals surface area contributed by atoms with Crippen molar-refractivity contribution in [3.63, 3.8) is 0 Å². The molecule has 0 bridgehead atoms. The Morgan fingerprint density at radius 2 is 1.94 bits per heavy atom. The summed E-state index contributed by atoms with van der Waals surface area (Å²) in [6, 6.07) is 12.5. The van der Waals surface area contributed by atoms with Crippen molar-refractivity contribution in [3.8, 4) is 6.07 Å². The molecule has 4 heteroatoms. The summed E-state index contributed by atoms with van der Waals surface area (Å²) in [5.74, 6) is 0. The number of benzene rings is 1. The van der Waals surface area contributed by atoms with Gasteiger partial charge in [0.05, 0.1) is 6.07 Å². The molecule has 0 amide bonds. The second-order valence-electron chi connectivity index (χ2n) is 4.66. The molecule has 0 saturated heterocycles. The number of nitrogens with zero attached hydrogens (tertiary/aromatic N) is 1. The highest BCUT2D eigenvalue weighted by Crippen LogP contribution is 2.64. The highest BCUT2D eigenvalue weighted by Gasteiger charge is 2.48. The van der Waals surface area contributed by atoms with Crippen molar-refractivity contribution in [2.45, 2.75) is 37.8 Å². The van der Waals surface area contributed by atoms with Gasteiger partial charge in [-0.25, -0.2) is 0 Å². The zero-order valence-electron chi connectivity index (χ0n) is 10.6. The van der Waals surface area contributed by atoms with Crippen LogP contribution < -0.4 is 5.30 Å². The van der Waals surface area contributed by atoms with E-state index in [-0.39, 0.29) is 0 Å². The summed E-state index contributed by atoms with van der Waals surface area (Å²) in [5.41, 5.74) is 0. The first kappa shape index (κ1) is 13.7. The molecule has 1 aliphatic rings. The summed E-state index contributed by atoms with van der Waals surface area (Å²) in [6.07, 6.45) is 1.67. The van der Waals surface area contributed by atoms with Crippen molar-refractivity contribution < 1.29 is 4.52 Å². The van der Waals surface area contributed by atoms with Crippen LogP contribution in [-0.2, 0) is 16.3 Å². The Kier molecular flexibility index (Phi) is 4.22. The highest BCUT2D eigenvalue weighted by atomic mass is 32.4. The van der Waals surface area contributed by atoms with Crippen LogP contribution in [0.5, 0.6) is 0 Å². The summed E-state index contributed by atoms with van der Waals surface area (Å²) in [6.45, 7) is 2.54. The minimum absolute atomic E-state index is 0.445. The maximum absolute atomic E-state index is 9.67. The van der Waals surface area contributed by atoms with Gasteiger partial charge in [0.1, 0.15) is 11.4 Å². The van der Waals surface area contributed by atoms with E-state index < -0.39 is 11.4 Å². The van der Waals surface area contributed by atoms with Gasteiger partial charge in [0, 0.05) is 11.9 Å². The lowest BCUT2D eigenvalue weighted by atomic mass is 10.1. The monoisotopic (exact) mass is 279 g/mol. The van der Waals surface area contributed by atoms with E-state index in [1.54, 1.807) is 0 Å². The van der Waals surface area contributed by atoms with Gasteiger partial charge in [0.2, 0.25) is 0 Å². The predicted molar refractivity (Wildman–Crippen MR) is 78.8 cm³/mol. The molecule has 0 N–H and O–H groups in total. The van der Waals surface area contributed by atoms with Gasteiger partial charge in [0.15, 0.2) is 0 Å². The van der Waals surface area contributed by atoms with Gasteiger partial charge in [-0.2, -0.15) is 5.26 Å². The van der Waals surface area contributed by atoms with Crippen molar-refractivity contribution in [1.29, 1.82) is 5.26 Å². The molecule has 1 aliphatic carbocycles. The average Bonchev–Trinajstić information content (AvgIpc) is 2.90. The fraction of sp³-hybridized carbons (Fsp3) is 0.500. The maximum Gasteiger partial charge on any atom is 0.114 e. The predicted octanol–water partition coefficient (Wildman–Crippen LogP) is 3.58. The average molecular weight is 279 g/mol. The van der Waals surface area contributed by atoms with Crippen LogP contribution in [0.3, 0.4) is 0 Å². The Hall–Kier alpha value is -0.680. The van der Waals surface area contributed by atoms with Crippen LogP contribution in [-0.4, -0.2) is 11.8 Å². The Balaban J connectivity index is 2.51. The number of nitriles is 1. The van der Waals surface area contributed by atoms with Gasteiger partial charge < -0.3 is 4.52 Å². The highest BCUT2D eigenvalue weighted by molar-refractivity contribution is 8.16. The van der Waals surface area contributed by atoms with Crippen LogP contribution in [0.2, 0.25) is 0 Å². The minimum atomic E-state index is -2.28. The molecule has 2 nitrogen and oxygen atoms in total. The molecule has 1 saturated carbocycles. The van der Waals surface area contributed by atoms with Crippen molar-refractivity contribution >= 4 is 23.4 Å². The lowest BCUT2D eigenvalue weighted by Crippen LogP contribution is -2.30. The standard InChI is InChI=1S/C14H18NOPS/c1-2-16-17(18,13-8-4-3-5-9-13)14(12-15)10-6-7-11-14/h3-5,8-9H,2,6-7,10-11H2,1H3. The van der Waals surface area contributed by atoms with Gasteiger partial charge in [-0.15, -0.1) is 0 Å². The minimum Gasteiger partial charge on any atom is -0.345 e. The molecule has 96 valence electrons. The van der Waals surface area contributed by atoms with Crippen LogP contribution in [0.15, 0.2) is 30.3 Å². The van der Waals surface area contributed by atoms with Crippen LogP contribution in [0.4, 0.5) is 0 Å². The first-order valence-electron chi connectivity index (χ1n) is 6.40. The molecular formula is C14H18NOPS. The molecule has 18 heavy (non-hydrogen) atoms. The molecule has 1 fully saturated rings. The van der Waals surface area contributed by atoms with Crippen LogP contribution in [0.25, 0.3) is 0 Å². The third-order valence-electron chi connectivity index (χ3n) is 3.61. The second-order valence-corrected chi connectivity index (χ2v) is 8.93. The molecule has 0 heterocycles. The lowest BCUT2D eigenvalue weighted by Gasteiger charge is -2.35. The maximum atomic E-state index is 9.67. The fourth-order valence-electron chi connectivity index (χ4n) is 2.68. The summed E-state index contributed by atoms with van der Waals surface area (Å²) in [7, 11) is 0.